The highest BCUT2D eigenvalue weighted by molar-refractivity contribution is 14.1. The predicted molar refractivity (Wildman–Crippen MR) is 113 cm³/mol. The molecular weight excluding hydrogens is 488 g/mol. The van der Waals surface area contributed by atoms with Crippen molar-refractivity contribution in [3.63, 3.8) is 0 Å². The van der Waals surface area contributed by atoms with Crippen molar-refractivity contribution in [1.82, 2.24) is 0 Å². The first-order chi connectivity index (χ1) is 12.5. The molecule has 0 bridgehead atoms. The molecule has 0 fully saturated rings. The Kier molecular flexibility index (Phi) is 4.69. The summed E-state index contributed by atoms with van der Waals surface area (Å²) in [6.45, 7) is 0. The number of nitrogens with one attached hydrogen (secondary N) is 1. The quantitative estimate of drug-likeness (QED) is 0.319. The van der Waals surface area contributed by atoms with E-state index in [-0.39, 0.29) is 27.5 Å². The lowest BCUT2D eigenvalue weighted by molar-refractivity contribution is 0.538. The number of hydrogen-bond donors (Lipinski definition) is 1. The summed E-state index contributed by atoms with van der Waals surface area (Å²) in [6, 6.07) is 14.1. The Morgan fingerprint density at radius 2 is 1.81 bits per heavy atom. The molecule has 7 heteroatoms. The van der Waals surface area contributed by atoms with E-state index >= 15 is 0 Å². The molecule has 0 saturated heterocycles. The molecule has 0 aliphatic carbocycles. The largest absolute Gasteiger partial charge is 0.461 e. The summed E-state index contributed by atoms with van der Waals surface area (Å²) in [5.41, 5.74) is 0.992. The first kappa shape index (κ1) is 17.5. The van der Waals surface area contributed by atoms with Crippen molar-refractivity contribution in [2.75, 3.05) is 5.32 Å². The molecule has 2 aromatic heterocycles. The van der Waals surface area contributed by atoms with E-state index in [9.17, 15) is 4.79 Å². The van der Waals surface area contributed by atoms with Crippen LogP contribution in [-0.2, 0) is 0 Å². The topological polar surface area (TPSA) is 55.4 Å². The number of benzene rings is 2. The van der Waals surface area contributed by atoms with Crippen LogP contribution in [0.15, 0.2) is 68.4 Å². The Labute approximate surface area is 171 Å². The van der Waals surface area contributed by atoms with Crippen molar-refractivity contribution in [2.45, 2.75) is 0 Å². The van der Waals surface area contributed by atoms with Gasteiger partial charge >= 0.3 is 0 Å². The molecule has 0 amide bonds. The average molecular weight is 498 g/mol. The van der Waals surface area contributed by atoms with Gasteiger partial charge in [-0.25, -0.2) is 0 Å². The minimum absolute atomic E-state index is 0.256. The number of anilines is 2. The normalized spacial score (nSPS) is 11.0. The smallest absolute Gasteiger partial charge is 0.217 e. The maximum absolute atomic E-state index is 13.1. The molecule has 2 aromatic carbocycles. The summed E-state index contributed by atoms with van der Waals surface area (Å²) < 4.78 is 12.5. The van der Waals surface area contributed by atoms with Crippen LogP contribution in [0, 0.1) is 3.57 Å². The first-order valence-corrected chi connectivity index (χ1v) is 9.39. The first-order valence-electron chi connectivity index (χ1n) is 7.55. The van der Waals surface area contributed by atoms with Gasteiger partial charge in [0, 0.05) is 14.3 Å². The van der Waals surface area contributed by atoms with Crippen molar-refractivity contribution in [2.24, 2.45) is 0 Å². The second-order valence-corrected chi connectivity index (χ2v) is 7.60. The second-order valence-electron chi connectivity index (χ2n) is 5.51. The highest BCUT2D eigenvalue weighted by Gasteiger charge is 2.20. The fourth-order valence-electron chi connectivity index (χ4n) is 2.60. The minimum atomic E-state index is -0.277. The molecule has 4 nitrogen and oxygen atoms in total. The van der Waals surface area contributed by atoms with E-state index in [0.29, 0.717) is 16.2 Å². The van der Waals surface area contributed by atoms with Crippen LogP contribution in [0.25, 0.3) is 22.5 Å². The van der Waals surface area contributed by atoms with Gasteiger partial charge in [-0.05, 0) is 71.1 Å². The highest BCUT2D eigenvalue weighted by Crippen LogP contribution is 2.35. The van der Waals surface area contributed by atoms with Crippen LogP contribution in [0.4, 0.5) is 11.4 Å². The van der Waals surface area contributed by atoms with Gasteiger partial charge in [0.25, 0.3) is 0 Å². The molecule has 0 radical (unpaired) electrons. The minimum Gasteiger partial charge on any atom is -0.461 e. The van der Waals surface area contributed by atoms with E-state index in [1.807, 2.05) is 24.3 Å². The Balaban J connectivity index is 1.99. The van der Waals surface area contributed by atoms with Crippen molar-refractivity contribution in [3.05, 3.63) is 78.6 Å². The molecule has 0 aliphatic rings. The van der Waals surface area contributed by atoms with E-state index < -0.39 is 0 Å². The van der Waals surface area contributed by atoms with E-state index in [2.05, 4.69) is 27.9 Å². The molecule has 0 aliphatic heterocycles. The van der Waals surface area contributed by atoms with Gasteiger partial charge in [0.1, 0.15) is 5.69 Å². The molecule has 0 unspecified atom stereocenters. The third kappa shape index (κ3) is 3.22. The lowest BCUT2D eigenvalue weighted by atomic mass is 10.1. The van der Waals surface area contributed by atoms with Crippen LogP contribution in [0.3, 0.4) is 0 Å². The number of furan rings is 1. The van der Waals surface area contributed by atoms with Gasteiger partial charge in [-0.3, -0.25) is 4.79 Å². The molecule has 0 atom stereocenters. The number of halogens is 3. The summed E-state index contributed by atoms with van der Waals surface area (Å²) in [4.78, 5) is 13.1. The van der Waals surface area contributed by atoms with Crippen LogP contribution in [0.2, 0.25) is 10.0 Å². The highest BCUT2D eigenvalue weighted by atomic mass is 127. The van der Waals surface area contributed by atoms with Crippen molar-refractivity contribution < 1.29 is 8.83 Å². The van der Waals surface area contributed by atoms with Crippen molar-refractivity contribution in [1.29, 1.82) is 0 Å². The van der Waals surface area contributed by atoms with Crippen LogP contribution >= 0.6 is 45.8 Å². The van der Waals surface area contributed by atoms with Gasteiger partial charge in [0.2, 0.25) is 5.43 Å². The zero-order valence-electron chi connectivity index (χ0n) is 13.1. The second kappa shape index (κ2) is 6.98. The van der Waals surface area contributed by atoms with E-state index in [4.69, 9.17) is 32.0 Å². The zero-order valence-corrected chi connectivity index (χ0v) is 16.7. The molecule has 26 heavy (non-hydrogen) atoms. The molecular formula is C19H10Cl2INO3. The fraction of sp³-hybridized carbons (Fsp3) is 0. The molecule has 0 saturated carbocycles. The summed E-state index contributed by atoms with van der Waals surface area (Å²) >= 11 is 14.5. The van der Waals surface area contributed by atoms with Gasteiger partial charge in [-0.15, -0.1) is 0 Å². The fourth-order valence-corrected chi connectivity index (χ4v) is 3.49. The molecule has 130 valence electrons. The number of rotatable bonds is 3. The Hall–Kier alpha value is -1.96. The van der Waals surface area contributed by atoms with Gasteiger partial charge in [-0.1, -0.05) is 23.2 Å². The van der Waals surface area contributed by atoms with E-state index in [1.54, 1.807) is 18.2 Å². The van der Waals surface area contributed by atoms with Gasteiger partial charge in [0.15, 0.2) is 17.1 Å². The van der Waals surface area contributed by atoms with E-state index in [1.165, 1.54) is 12.3 Å². The number of fused-ring (bicyclic) bond motifs is 1. The van der Waals surface area contributed by atoms with Gasteiger partial charge in [0.05, 0.1) is 16.7 Å². The maximum atomic E-state index is 13.1. The van der Waals surface area contributed by atoms with Gasteiger partial charge < -0.3 is 14.2 Å². The molecule has 4 aromatic rings. The zero-order chi connectivity index (χ0) is 18.3. The molecule has 1 N–H and O–H groups in total. The SMILES string of the molecule is O=c1c(Nc2ccc(I)cc2)c(-c2ccco2)oc2c(Cl)cc(Cl)cc12. The van der Waals surface area contributed by atoms with E-state index in [0.717, 1.165) is 9.26 Å². The standard InChI is InChI=1S/C19H10Cl2INO3/c20-10-8-13-17(24)16(23-12-5-3-11(22)4-6-12)19(15-2-1-7-25-15)26-18(13)14(21)9-10/h1-9,23H. The van der Waals surface area contributed by atoms with Gasteiger partial charge in [-0.2, -0.15) is 0 Å². The predicted octanol–water partition coefficient (Wildman–Crippen LogP) is 6.71. The third-order valence-electron chi connectivity index (χ3n) is 3.77. The Morgan fingerprint density at radius 3 is 2.50 bits per heavy atom. The van der Waals surface area contributed by atoms with Crippen LogP contribution in [0.5, 0.6) is 0 Å². The summed E-state index contributed by atoms with van der Waals surface area (Å²) in [7, 11) is 0. The average Bonchev–Trinajstić information content (AvgIpc) is 3.14. The Morgan fingerprint density at radius 1 is 1.04 bits per heavy atom. The summed E-state index contributed by atoms with van der Waals surface area (Å²) in [5, 5.41) is 4.05. The molecule has 2 heterocycles. The lowest BCUT2D eigenvalue weighted by Crippen LogP contribution is -2.10. The summed E-state index contributed by atoms with van der Waals surface area (Å²) in [5.74, 6) is 0.693. The third-order valence-corrected chi connectivity index (χ3v) is 4.99. The monoisotopic (exact) mass is 497 g/mol. The molecule has 4 rings (SSSR count). The Bertz CT molecular complexity index is 1150. The molecule has 0 spiro atoms. The summed E-state index contributed by atoms with van der Waals surface area (Å²) in [6.07, 6.45) is 1.51. The number of hydrogen-bond acceptors (Lipinski definition) is 4. The van der Waals surface area contributed by atoms with Crippen LogP contribution < -0.4 is 10.7 Å². The lowest BCUT2D eigenvalue weighted by Gasteiger charge is -2.12. The van der Waals surface area contributed by atoms with Crippen molar-refractivity contribution in [3.8, 4) is 11.5 Å². The maximum Gasteiger partial charge on any atom is 0.217 e. The van der Waals surface area contributed by atoms with Crippen molar-refractivity contribution >= 4 is 68.1 Å². The van der Waals surface area contributed by atoms with Crippen LogP contribution in [0.1, 0.15) is 0 Å². The van der Waals surface area contributed by atoms with Crippen LogP contribution in [-0.4, -0.2) is 0 Å².